The number of amides is 1. The lowest BCUT2D eigenvalue weighted by Crippen LogP contribution is -2.45. The maximum absolute atomic E-state index is 13.8. The molecule has 3 rings (SSSR count). The third-order valence-corrected chi connectivity index (χ3v) is 9.31. The van der Waals surface area contributed by atoms with Gasteiger partial charge in [0.25, 0.3) is 0 Å². The summed E-state index contributed by atoms with van der Waals surface area (Å²) in [6.07, 6.45) is 8.41. The number of benzene rings is 1. The molecule has 0 spiro atoms. The van der Waals surface area contributed by atoms with Crippen LogP contribution in [0.15, 0.2) is 30.4 Å². The molecular formula is C33H49N3O3S. The van der Waals surface area contributed by atoms with E-state index in [-0.39, 0.29) is 29.9 Å². The Kier molecular flexibility index (Phi) is 12.5. The lowest BCUT2D eigenvalue weighted by molar-refractivity contribution is -0.130. The van der Waals surface area contributed by atoms with E-state index in [0.717, 1.165) is 47.5 Å². The van der Waals surface area contributed by atoms with Gasteiger partial charge in [-0.1, -0.05) is 52.7 Å². The Labute approximate surface area is 245 Å². The Morgan fingerprint density at radius 2 is 1.85 bits per heavy atom. The van der Waals surface area contributed by atoms with Gasteiger partial charge >= 0.3 is 0 Å². The molecule has 0 bridgehead atoms. The van der Waals surface area contributed by atoms with Gasteiger partial charge in [0.2, 0.25) is 5.91 Å². The van der Waals surface area contributed by atoms with Gasteiger partial charge in [-0.2, -0.15) is 0 Å². The second kappa shape index (κ2) is 15.6. The Hall–Kier alpha value is -2.38. The van der Waals surface area contributed by atoms with E-state index in [1.165, 1.54) is 12.0 Å². The molecule has 1 aliphatic carbocycles. The van der Waals surface area contributed by atoms with E-state index in [9.17, 15) is 14.4 Å². The van der Waals surface area contributed by atoms with Crippen molar-refractivity contribution in [2.75, 3.05) is 20.6 Å². The van der Waals surface area contributed by atoms with Gasteiger partial charge in [0.1, 0.15) is 5.78 Å². The number of rotatable bonds is 16. The molecule has 1 amide bonds. The van der Waals surface area contributed by atoms with Gasteiger partial charge in [-0.3, -0.25) is 14.4 Å². The van der Waals surface area contributed by atoms with E-state index >= 15 is 0 Å². The van der Waals surface area contributed by atoms with Crippen molar-refractivity contribution in [2.24, 2.45) is 11.8 Å². The zero-order chi connectivity index (χ0) is 29.2. The van der Waals surface area contributed by atoms with Gasteiger partial charge in [0.15, 0.2) is 5.78 Å². The molecule has 6 nitrogen and oxygen atoms in total. The lowest BCUT2D eigenvalue weighted by atomic mass is 9.81. The number of ketones is 2. The molecule has 0 radical (unpaired) electrons. The first kappa shape index (κ1) is 32.1. The summed E-state index contributed by atoms with van der Waals surface area (Å²) in [5.41, 5.74) is 2.87. The van der Waals surface area contributed by atoms with Crippen LogP contribution in [-0.2, 0) is 20.8 Å². The number of hydrogen-bond acceptors (Lipinski definition) is 6. The summed E-state index contributed by atoms with van der Waals surface area (Å²) >= 11 is 1.62. The number of thiazole rings is 1. The molecule has 0 saturated heterocycles. The van der Waals surface area contributed by atoms with Crippen LogP contribution in [-0.4, -0.2) is 54.0 Å². The minimum Gasteiger partial charge on any atom is -0.353 e. The molecule has 7 heteroatoms. The molecule has 1 saturated carbocycles. The van der Waals surface area contributed by atoms with Gasteiger partial charge < -0.3 is 10.2 Å². The minimum atomic E-state index is -0.463. The normalized spacial score (nSPS) is 15.9. The van der Waals surface area contributed by atoms with Crippen molar-refractivity contribution < 1.29 is 14.4 Å². The monoisotopic (exact) mass is 567 g/mol. The molecule has 1 aromatic carbocycles. The van der Waals surface area contributed by atoms with Crippen LogP contribution >= 0.6 is 11.3 Å². The van der Waals surface area contributed by atoms with Crippen molar-refractivity contribution in [1.82, 2.24) is 15.2 Å². The lowest BCUT2D eigenvalue weighted by Gasteiger charge is -2.32. The predicted octanol–water partition coefficient (Wildman–Crippen LogP) is 6.87. The second-order valence-electron chi connectivity index (χ2n) is 12.1. The molecule has 1 fully saturated rings. The zero-order valence-corrected chi connectivity index (χ0v) is 26.1. The first-order valence-corrected chi connectivity index (χ1v) is 16.0. The van der Waals surface area contributed by atoms with Crippen molar-refractivity contribution in [3.63, 3.8) is 0 Å². The molecule has 40 heavy (non-hydrogen) atoms. The van der Waals surface area contributed by atoms with Gasteiger partial charge in [0.05, 0.1) is 21.1 Å². The Balaban J connectivity index is 1.74. The fraction of sp³-hybridized carbons (Fsp3) is 0.636. The summed E-state index contributed by atoms with van der Waals surface area (Å²) in [7, 11) is 3.98. The third-order valence-electron chi connectivity index (χ3n) is 8.27. The molecule has 220 valence electrons. The van der Waals surface area contributed by atoms with Gasteiger partial charge in [-0.15, -0.1) is 11.3 Å². The number of aromatic nitrogens is 1. The summed E-state index contributed by atoms with van der Waals surface area (Å²) in [5, 5.41) is 4.22. The van der Waals surface area contributed by atoms with Crippen molar-refractivity contribution in [3.8, 4) is 0 Å². The number of nitrogens with one attached hydrogen (secondary N) is 1. The molecule has 1 aromatic heterocycles. The van der Waals surface area contributed by atoms with Crippen molar-refractivity contribution in [3.05, 3.63) is 40.9 Å². The topological polar surface area (TPSA) is 79.4 Å². The highest BCUT2D eigenvalue weighted by atomic mass is 32.1. The fourth-order valence-electron chi connectivity index (χ4n) is 5.55. The van der Waals surface area contributed by atoms with Crippen molar-refractivity contribution in [1.29, 1.82) is 0 Å². The van der Waals surface area contributed by atoms with Crippen LogP contribution in [0.1, 0.15) is 101 Å². The van der Waals surface area contributed by atoms with Crippen molar-refractivity contribution in [2.45, 2.75) is 103 Å². The van der Waals surface area contributed by atoms with Crippen molar-refractivity contribution >= 4 is 39.0 Å². The Bertz CT molecular complexity index is 1160. The first-order valence-electron chi connectivity index (χ1n) is 15.1. The number of hydrogen-bond donors (Lipinski definition) is 1. The minimum absolute atomic E-state index is 0.0680. The fourth-order valence-corrected chi connectivity index (χ4v) is 6.64. The summed E-state index contributed by atoms with van der Waals surface area (Å²) in [5.74, 6) is 0.423. The molecular weight excluding hydrogens is 518 g/mol. The highest BCUT2D eigenvalue weighted by molar-refractivity contribution is 7.18. The summed E-state index contributed by atoms with van der Waals surface area (Å²) < 4.78 is 1.12. The smallest absolute Gasteiger partial charge is 0.224 e. The molecule has 2 aromatic rings. The SMILES string of the molecule is C=C(CCN(C)C)C(=O)CC[C@@H](NC(=O)[C@@H](CC(=O)CC)Cc1nc2ccc(C(C)C)cc2s1)C1CCCCC1. The highest BCUT2D eigenvalue weighted by Crippen LogP contribution is 2.31. The molecule has 0 aliphatic heterocycles. The molecule has 1 N–H and O–H groups in total. The largest absolute Gasteiger partial charge is 0.353 e. The second-order valence-corrected chi connectivity index (χ2v) is 13.2. The molecule has 0 unspecified atom stereocenters. The van der Waals surface area contributed by atoms with E-state index in [1.807, 2.05) is 21.0 Å². The van der Waals surface area contributed by atoms with Crippen LogP contribution in [0.5, 0.6) is 0 Å². The van der Waals surface area contributed by atoms with Gasteiger partial charge in [-0.05, 0) is 74.9 Å². The molecule has 1 aliphatic rings. The van der Waals surface area contributed by atoms with E-state index in [1.54, 1.807) is 11.3 Å². The standard InChI is InChI=1S/C33H49N3O3S/c1-7-27(37)19-26(21-32-34-29-14-13-25(22(2)3)20-31(29)40-32)33(39)35-28(24-11-9-8-10-12-24)15-16-30(38)23(4)17-18-36(5)6/h13-14,20,22,24,26,28H,4,7-12,15-19,21H2,1-3,5-6H3,(H,35,39)/t26-,28+/m0/s1. The maximum atomic E-state index is 13.8. The summed E-state index contributed by atoms with van der Waals surface area (Å²) in [6, 6.07) is 6.30. The van der Waals surface area contributed by atoms with Crippen LogP contribution in [0.2, 0.25) is 0 Å². The van der Waals surface area contributed by atoms with E-state index in [2.05, 4.69) is 48.8 Å². The average molecular weight is 568 g/mol. The number of Topliss-reactive ketones (excluding diaryl/α,β-unsaturated/α-hetero) is 2. The number of carbonyl (C=O) groups is 3. The zero-order valence-electron chi connectivity index (χ0n) is 25.3. The van der Waals surface area contributed by atoms with Crippen LogP contribution in [0.25, 0.3) is 10.2 Å². The molecule has 1 heterocycles. The van der Waals surface area contributed by atoms with Crippen LogP contribution in [0.4, 0.5) is 0 Å². The third kappa shape index (κ3) is 9.62. The number of fused-ring (bicyclic) bond motifs is 1. The number of carbonyl (C=O) groups excluding carboxylic acids is 3. The first-order chi connectivity index (χ1) is 19.1. The number of nitrogens with zero attached hydrogens (tertiary/aromatic N) is 2. The van der Waals surface area contributed by atoms with Gasteiger partial charge in [-0.25, -0.2) is 4.98 Å². The van der Waals surface area contributed by atoms with Crippen LogP contribution in [0.3, 0.4) is 0 Å². The van der Waals surface area contributed by atoms with Crippen LogP contribution in [0, 0.1) is 11.8 Å². The van der Waals surface area contributed by atoms with E-state index in [4.69, 9.17) is 4.98 Å². The predicted molar refractivity (Wildman–Crippen MR) is 166 cm³/mol. The quantitative estimate of drug-likeness (QED) is 0.224. The van der Waals surface area contributed by atoms with E-state index < -0.39 is 5.92 Å². The Morgan fingerprint density at radius 1 is 1.12 bits per heavy atom. The highest BCUT2D eigenvalue weighted by Gasteiger charge is 2.30. The Morgan fingerprint density at radius 3 is 2.50 bits per heavy atom. The maximum Gasteiger partial charge on any atom is 0.224 e. The van der Waals surface area contributed by atoms with E-state index in [0.29, 0.717) is 49.5 Å². The van der Waals surface area contributed by atoms with Gasteiger partial charge in [0, 0.05) is 38.3 Å². The average Bonchev–Trinajstić information content (AvgIpc) is 3.35. The van der Waals surface area contributed by atoms with Crippen LogP contribution < -0.4 is 5.32 Å². The summed E-state index contributed by atoms with van der Waals surface area (Å²) in [6.45, 7) is 11.0. The summed E-state index contributed by atoms with van der Waals surface area (Å²) in [4.78, 5) is 46.0. The molecule has 2 atom stereocenters.